The lowest BCUT2D eigenvalue weighted by molar-refractivity contribution is -0.129. The highest BCUT2D eigenvalue weighted by molar-refractivity contribution is 8.00. The molecule has 2 heterocycles. The van der Waals surface area contributed by atoms with Crippen LogP contribution in [0.2, 0.25) is 10.0 Å². The number of benzene rings is 2. The minimum Gasteiger partial charge on any atom is -0.342 e. The highest BCUT2D eigenvalue weighted by Crippen LogP contribution is 2.34. The fraction of sp³-hybridized carbons (Fsp3) is 0.286. The summed E-state index contributed by atoms with van der Waals surface area (Å²) in [5.74, 6) is 0.752. The molecule has 1 aliphatic heterocycles. The summed E-state index contributed by atoms with van der Waals surface area (Å²) in [6.45, 7) is 3.59. The van der Waals surface area contributed by atoms with E-state index in [-0.39, 0.29) is 11.2 Å². The smallest absolute Gasteiger partial charge is 0.235 e. The summed E-state index contributed by atoms with van der Waals surface area (Å²) in [7, 11) is 0. The van der Waals surface area contributed by atoms with Gasteiger partial charge in [0.1, 0.15) is 0 Å². The fourth-order valence-electron chi connectivity index (χ4n) is 3.40. The number of thioether (sulfide) groups is 1. The zero-order valence-corrected chi connectivity index (χ0v) is 18.2. The third kappa shape index (κ3) is 4.29. The molecule has 5 nitrogen and oxygen atoms in total. The largest absolute Gasteiger partial charge is 0.342 e. The van der Waals surface area contributed by atoms with Crippen molar-refractivity contribution in [3.05, 3.63) is 58.6 Å². The van der Waals surface area contributed by atoms with Crippen molar-refractivity contribution in [3.8, 4) is 17.1 Å². The van der Waals surface area contributed by atoms with Gasteiger partial charge in [-0.1, -0.05) is 53.2 Å². The van der Waals surface area contributed by atoms with Crippen LogP contribution in [-0.4, -0.2) is 43.9 Å². The van der Waals surface area contributed by atoms with E-state index in [2.05, 4.69) is 10.2 Å². The zero-order chi connectivity index (χ0) is 20.4. The molecule has 3 aromatic rings. The Morgan fingerprint density at radius 2 is 1.79 bits per heavy atom. The number of aromatic nitrogens is 3. The highest BCUT2D eigenvalue weighted by Gasteiger charge is 2.27. The van der Waals surface area contributed by atoms with Crippen LogP contribution in [0.1, 0.15) is 19.8 Å². The maximum atomic E-state index is 12.8. The second kappa shape index (κ2) is 8.78. The third-order valence-electron chi connectivity index (χ3n) is 4.87. The van der Waals surface area contributed by atoms with E-state index in [4.69, 9.17) is 23.2 Å². The average Bonchev–Trinajstić information content (AvgIpc) is 3.38. The number of nitrogens with zero attached hydrogens (tertiary/aromatic N) is 4. The van der Waals surface area contributed by atoms with Gasteiger partial charge in [0, 0.05) is 29.4 Å². The molecule has 150 valence electrons. The van der Waals surface area contributed by atoms with Crippen LogP contribution in [-0.2, 0) is 4.79 Å². The molecule has 1 saturated heterocycles. The molecule has 2 aromatic carbocycles. The van der Waals surface area contributed by atoms with Gasteiger partial charge in [0.05, 0.1) is 10.3 Å². The van der Waals surface area contributed by atoms with E-state index in [0.29, 0.717) is 21.0 Å². The van der Waals surface area contributed by atoms with Crippen LogP contribution in [0, 0.1) is 0 Å². The summed E-state index contributed by atoms with van der Waals surface area (Å²) < 4.78 is 1.94. The summed E-state index contributed by atoms with van der Waals surface area (Å²) >= 11 is 13.9. The van der Waals surface area contributed by atoms with Crippen molar-refractivity contribution in [2.24, 2.45) is 0 Å². The van der Waals surface area contributed by atoms with Crippen LogP contribution in [0.4, 0.5) is 0 Å². The number of rotatable bonds is 5. The van der Waals surface area contributed by atoms with Gasteiger partial charge in [-0.05, 0) is 50.1 Å². The van der Waals surface area contributed by atoms with Crippen molar-refractivity contribution in [3.63, 3.8) is 0 Å². The SMILES string of the molecule is CC(Sc1nnc(-c2ccc(Cl)cc2Cl)n1-c1ccccc1)C(=O)N1CCCC1. The second-order valence-electron chi connectivity index (χ2n) is 6.89. The molecule has 0 saturated carbocycles. The standard InChI is InChI=1S/C21H20Cl2N4OS/c1-14(20(28)26-11-5-6-12-26)29-21-25-24-19(17-10-9-15(22)13-18(17)23)27(21)16-7-3-2-4-8-16/h2-4,7-10,13-14H,5-6,11-12H2,1H3. The summed E-state index contributed by atoms with van der Waals surface area (Å²) in [6, 6.07) is 15.1. The molecule has 0 spiro atoms. The van der Waals surface area contributed by atoms with Crippen molar-refractivity contribution < 1.29 is 4.79 Å². The second-order valence-corrected chi connectivity index (χ2v) is 9.05. The zero-order valence-electron chi connectivity index (χ0n) is 15.9. The third-order valence-corrected chi connectivity index (χ3v) is 6.45. The topological polar surface area (TPSA) is 51.0 Å². The maximum absolute atomic E-state index is 12.8. The maximum Gasteiger partial charge on any atom is 0.235 e. The summed E-state index contributed by atoms with van der Waals surface area (Å²) in [5, 5.41) is 10.3. The summed E-state index contributed by atoms with van der Waals surface area (Å²) in [5.41, 5.74) is 1.64. The van der Waals surface area contributed by atoms with Gasteiger partial charge in [-0.25, -0.2) is 0 Å². The normalized spacial score (nSPS) is 14.9. The molecule has 1 unspecified atom stereocenters. The van der Waals surface area contributed by atoms with Crippen molar-refractivity contribution in [2.75, 3.05) is 13.1 Å². The predicted octanol–water partition coefficient (Wildman–Crippen LogP) is 5.34. The first kappa shape index (κ1) is 20.3. The van der Waals surface area contributed by atoms with Gasteiger partial charge in [0.25, 0.3) is 0 Å². The molecule has 29 heavy (non-hydrogen) atoms. The van der Waals surface area contributed by atoms with Gasteiger partial charge in [-0.2, -0.15) is 0 Å². The number of amides is 1. The molecule has 0 radical (unpaired) electrons. The Balaban J connectivity index is 1.72. The lowest BCUT2D eigenvalue weighted by atomic mass is 10.2. The number of carbonyl (C=O) groups excluding carboxylic acids is 1. The van der Waals surface area contributed by atoms with Crippen molar-refractivity contribution in [1.82, 2.24) is 19.7 Å². The average molecular weight is 447 g/mol. The monoisotopic (exact) mass is 446 g/mol. The van der Waals surface area contributed by atoms with Gasteiger partial charge >= 0.3 is 0 Å². The van der Waals surface area contributed by atoms with Crippen molar-refractivity contribution in [2.45, 2.75) is 30.2 Å². The Morgan fingerprint density at radius 1 is 1.07 bits per heavy atom. The molecule has 1 aromatic heterocycles. The molecule has 0 bridgehead atoms. The van der Waals surface area contributed by atoms with Crippen LogP contribution >= 0.6 is 35.0 Å². The first-order chi connectivity index (χ1) is 14.0. The molecule has 0 N–H and O–H groups in total. The van der Waals surface area contributed by atoms with Gasteiger partial charge < -0.3 is 4.90 Å². The summed E-state index contributed by atoms with van der Waals surface area (Å²) in [6.07, 6.45) is 2.14. The molecular weight excluding hydrogens is 427 g/mol. The fourth-order valence-corrected chi connectivity index (χ4v) is 4.85. The Hall–Kier alpha value is -2.02. The van der Waals surface area contributed by atoms with Crippen LogP contribution in [0.3, 0.4) is 0 Å². The molecular formula is C21H20Cl2N4OS. The number of hydrogen-bond acceptors (Lipinski definition) is 4. The number of para-hydroxylation sites is 1. The van der Waals surface area contributed by atoms with E-state index in [1.54, 1.807) is 12.1 Å². The van der Waals surface area contributed by atoms with E-state index in [9.17, 15) is 4.79 Å². The van der Waals surface area contributed by atoms with E-state index in [1.807, 2.05) is 52.8 Å². The van der Waals surface area contributed by atoms with Gasteiger partial charge in [-0.3, -0.25) is 9.36 Å². The van der Waals surface area contributed by atoms with E-state index in [0.717, 1.165) is 37.2 Å². The van der Waals surface area contributed by atoms with Crippen LogP contribution < -0.4 is 0 Å². The minimum absolute atomic E-state index is 0.140. The molecule has 1 fully saturated rings. The Bertz CT molecular complexity index is 1020. The van der Waals surface area contributed by atoms with Crippen molar-refractivity contribution >= 4 is 40.9 Å². The van der Waals surface area contributed by atoms with Crippen molar-refractivity contribution in [1.29, 1.82) is 0 Å². The number of likely N-dealkylation sites (tertiary alicyclic amines) is 1. The molecule has 4 rings (SSSR count). The predicted molar refractivity (Wildman–Crippen MR) is 118 cm³/mol. The Morgan fingerprint density at radius 3 is 2.48 bits per heavy atom. The number of halogens is 2. The number of hydrogen-bond donors (Lipinski definition) is 0. The van der Waals surface area contributed by atoms with E-state index < -0.39 is 0 Å². The lowest BCUT2D eigenvalue weighted by Gasteiger charge is -2.20. The van der Waals surface area contributed by atoms with Crippen LogP contribution in [0.15, 0.2) is 53.7 Å². The molecule has 8 heteroatoms. The summed E-state index contributed by atoms with van der Waals surface area (Å²) in [4.78, 5) is 14.7. The quantitative estimate of drug-likeness (QED) is 0.495. The first-order valence-corrected chi connectivity index (χ1v) is 11.1. The first-order valence-electron chi connectivity index (χ1n) is 9.46. The molecule has 1 aliphatic rings. The number of carbonyl (C=O) groups is 1. The van der Waals surface area contributed by atoms with E-state index >= 15 is 0 Å². The van der Waals surface area contributed by atoms with E-state index in [1.165, 1.54) is 11.8 Å². The Labute approximate surface area is 184 Å². The Kier molecular flexibility index (Phi) is 6.13. The molecule has 1 amide bonds. The highest BCUT2D eigenvalue weighted by atomic mass is 35.5. The van der Waals surface area contributed by atoms with Gasteiger partial charge in [-0.15, -0.1) is 10.2 Å². The van der Waals surface area contributed by atoms with Gasteiger partial charge in [0.15, 0.2) is 11.0 Å². The molecule has 1 atom stereocenters. The molecule has 0 aliphatic carbocycles. The minimum atomic E-state index is -0.256. The van der Waals surface area contributed by atoms with Gasteiger partial charge in [0.2, 0.25) is 5.91 Å². The van der Waals surface area contributed by atoms with Crippen LogP contribution in [0.25, 0.3) is 17.1 Å². The van der Waals surface area contributed by atoms with Crippen LogP contribution in [0.5, 0.6) is 0 Å². The lowest BCUT2D eigenvalue weighted by Crippen LogP contribution is -2.34.